The van der Waals surface area contributed by atoms with Gasteiger partial charge >= 0.3 is 35.1 Å². The van der Waals surface area contributed by atoms with Crippen LogP contribution in [-0.4, -0.2) is 16.5 Å². The topological polar surface area (TPSA) is 16.4 Å². The van der Waals surface area contributed by atoms with Gasteiger partial charge in [0.05, 0.1) is 11.6 Å². The number of halogens is 3. The molecule has 0 saturated heterocycles. The van der Waals surface area contributed by atoms with Crippen LogP contribution >= 0.6 is 11.8 Å². The molecule has 0 saturated carbocycles. The number of benzene rings is 1. The van der Waals surface area contributed by atoms with E-state index in [0.717, 1.165) is 35.2 Å². The minimum atomic E-state index is -4.39. The Bertz CT molecular complexity index is 1120. The summed E-state index contributed by atoms with van der Waals surface area (Å²) in [5.41, 5.74) is 0.841. The van der Waals surface area contributed by atoms with Crippen LogP contribution in [0.1, 0.15) is 43.9 Å². The number of aryl methyl sites for hydroxylation is 1. The molecule has 170 valence electrons. The summed E-state index contributed by atoms with van der Waals surface area (Å²) in [6.45, 7) is 13.6. The summed E-state index contributed by atoms with van der Waals surface area (Å²) in [5, 5.41) is 3.33. The minimum Gasteiger partial charge on any atom is -0.374 e. The number of nitrogens with zero attached hydrogens (tertiary/aromatic N) is 1. The fraction of sp³-hybridized carbons (Fsp3) is 0.269. The van der Waals surface area contributed by atoms with E-state index in [1.165, 1.54) is 4.40 Å². The Morgan fingerprint density at radius 2 is 1.97 bits per heavy atom. The molecule has 0 aliphatic rings. The number of fused-ring (bicyclic) bond motifs is 1. The molecule has 0 bridgehead atoms. The van der Waals surface area contributed by atoms with Gasteiger partial charge in [-0.2, -0.15) is 32.2 Å². The van der Waals surface area contributed by atoms with Gasteiger partial charge in [-0.05, 0) is 47.9 Å². The Labute approximate surface area is 221 Å². The number of allylic oxidation sites excluding steroid dienone is 1. The van der Waals surface area contributed by atoms with Gasteiger partial charge in [0.2, 0.25) is 0 Å². The first-order valence-corrected chi connectivity index (χ1v) is 11.2. The predicted octanol–water partition coefficient (Wildman–Crippen LogP) is 4.64. The summed E-state index contributed by atoms with van der Waals surface area (Å²) in [6.07, 6.45) is 3.33. The van der Waals surface area contributed by atoms with Crippen molar-refractivity contribution < 1.29 is 42.7 Å². The van der Waals surface area contributed by atoms with Crippen molar-refractivity contribution in [2.75, 3.05) is 11.9 Å². The summed E-state index contributed by atoms with van der Waals surface area (Å²) in [5.74, 6) is 5.83. The van der Waals surface area contributed by atoms with E-state index in [4.69, 9.17) is 0 Å². The third-order valence-electron chi connectivity index (χ3n) is 4.68. The molecule has 0 aliphatic carbocycles. The Balaban J connectivity index is 0.00000177. The van der Waals surface area contributed by atoms with Crippen LogP contribution in [-0.2, 0) is 6.42 Å². The molecular formula is C26H27F3N2NaS-. The van der Waals surface area contributed by atoms with Crippen LogP contribution in [0.25, 0.3) is 11.1 Å². The van der Waals surface area contributed by atoms with E-state index in [2.05, 4.69) is 56.6 Å². The minimum absolute atomic E-state index is 0. The Morgan fingerprint density at radius 1 is 1.24 bits per heavy atom. The monoisotopic (exact) mass is 479 g/mol. The molecule has 1 aromatic carbocycles. The van der Waals surface area contributed by atoms with Crippen LogP contribution in [0.15, 0.2) is 54.2 Å². The molecule has 0 aliphatic heterocycles. The van der Waals surface area contributed by atoms with Crippen LogP contribution in [0.5, 0.6) is 0 Å². The second kappa shape index (κ2) is 13.8. The standard InChI is InChI=1S/C24H22F3N2S.C2H5.Na/c1-4-17(3)19-11-12-22(18(5-2)15-19)28-13-8-9-20-16-21-10-6-7-14-29(21)23(20)30-24(25,26)27;1-2;/h6-7,11-12,14-16,28H,3-5,13H2,1-2H3;1H2,2H3;/q2*-1;+1. The first kappa shape index (κ1) is 29.3. The zero-order chi connectivity index (χ0) is 23.7. The van der Waals surface area contributed by atoms with Gasteiger partial charge < -0.3 is 16.6 Å². The van der Waals surface area contributed by atoms with Gasteiger partial charge in [-0.3, -0.25) is 0 Å². The zero-order valence-electron chi connectivity index (χ0n) is 19.6. The predicted molar refractivity (Wildman–Crippen MR) is 130 cm³/mol. The van der Waals surface area contributed by atoms with Crippen LogP contribution in [0.4, 0.5) is 18.9 Å². The van der Waals surface area contributed by atoms with E-state index in [9.17, 15) is 13.2 Å². The van der Waals surface area contributed by atoms with E-state index < -0.39 is 5.51 Å². The molecule has 3 aromatic rings. The smallest absolute Gasteiger partial charge is 0.374 e. The molecule has 33 heavy (non-hydrogen) atoms. The average molecular weight is 480 g/mol. The first-order valence-electron chi connectivity index (χ1n) is 10.3. The Morgan fingerprint density at radius 3 is 2.61 bits per heavy atom. The quantitative estimate of drug-likeness (QED) is 0.240. The van der Waals surface area contributed by atoms with Gasteiger partial charge in [-0.1, -0.05) is 43.9 Å². The maximum Gasteiger partial charge on any atom is 1.00 e. The molecule has 0 amide bonds. The normalized spacial score (nSPS) is 10.4. The summed E-state index contributed by atoms with van der Waals surface area (Å²) in [7, 11) is 0. The molecule has 1 N–H and O–H groups in total. The van der Waals surface area contributed by atoms with E-state index in [-0.39, 0.29) is 46.3 Å². The number of rotatable bonds is 6. The van der Waals surface area contributed by atoms with Crippen LogP contribution < -0.4 is 34.9 Å². The summed E-state index contributed by atoms with van der Waals surface area (Å²) < 4.78 is 40.5. The largest absolute Gasteiger partial charge is 1.00 e. The number of nitrogens with one attached hydrogen (secondary N) is 1. The fourth-order valence-electron chi connectivity index (χ4n) is 3.09. The zero-order valence-corrected chi connectivity index (χ0v) is 22.4. The molecule has 0 unspecified atom stereocenters. The number of aromatic nitrogens is 1. The molecule has 2 aromatic heterocycles. The van der Waals surface area contributed by atoms with Gasteiger partial charge in [0.1, 0.15) is 0 Å². The van der Waals surface area contributed by atoms with Gasteiger partial charge in [-0.15, -0.1) is 12.1 Å². The van der Waals surface area contributed by atoms with Crippen LogP contribution in [0, 0.1) is 24.8 Å². The van der Waals surface area contributed by atoms with Gasteiger partial charge in [-0.25, -0.2) is 0 Å². The summed E-state index contributed by atoms with van der Waals surface area (Å²) >= 11 is -0.158. The van der Waals surface area contributed by atoms with Crippen LogP contribution in [0.2, 0.25) is 0 Å². The van der Waals surface area contributed by atoms with Gasteiger partial charge in [0, 0.05) is 23.0 Å². The fourth-order valence-corrected chi connectivity index (χ4v) is 3.79. The maximum absolute atomic E-state index is 13.0. The molecule has 2 heterocycles. The van der Waals surface area contributed by atoms with Crippen molar-refractivity contribution in [3.05, 3.63) is 78.9 Å². The van der Waals surface area contributed by atoms with E-state index in [1.54, 1.807) is 31.3 Å². The SMILES string of the molecule is C=C(CC)c1ccc(NCC#Cc2cc3[c-]cccn3c2SC(F)(F)F)c(CC)c1.[CH2-]C.[Na+]. The number of hydrogen-bond acceptors (Lipinski definition) is 2. The molecule has 0 atom stereocenters. The van der Waals surface area contributed by atoms with Crippen molar-refractivity contribution in [1.29, 1.82) is 0 Å². The van der Waals surface area contributed by atoms with Crippen molar-refractivity contribution in [1.82, 2.24) is 4.40 Å². The molecular weight excluding hydrogens is 452 g/mol. The maximum atomic E-state index is 13.0. The second-order valence-electron chi connectivity index (χ2n) is 6.66. The first-order chi connectivity index (χ1) is 15.3. The Kier molecular flexibility index (Phi) is 12.2. The van der Waals surface area contributed by atoms with E-state index >= 15 is 0 Å². The van der Waals surface area contributed by atoms with E-state index in [0.29, 0.717) is 17.6 Å². The molecule has 0 radical (unpaired) electrons. The van der Waals surface area contributed by atoms with Crippen molar-refractivity contribution in [3.63, 3.8) is 0 Å². The van der Waals surface area contributed by atoms with Gasteiger partial charge in [0.15, 0.2) is 0 Å². The molecule has 0 spiro atoms. The second-order valence-corrected chi connectivity index (χ2v) is 7.71. The molecule has 7 heteroatoms. The number of anilines is 1. The Hall–Kier alpha value is -1.78. The van der Waals surface area contributed by atoms with Gasteiger partial charge in [0.25, 0.3) is 0 Å². The third-order valence-corrected chi connectivity index (χ3v) is 5.52. The molecule has 2 nitrogen and oxygen atoms in total. The number of pyridine rings is 1. The number of thioether (sulfide) groups is 1. The van der Waals surface area contributed by atoms with Crippen LogP contribution in [0.3, 0.4) is 0 Å². The van der Waals surface area contributed by atoms with Crippen molar-refractivity contribution in [2.45, 2.75) is 44.1 Å². The van der Waals surface area contributed by atoms with Crippen molar-refractivity contribution in [2.24, 2.45) is 0 Å². The number of alkyl halides is 3. The number of hydrogen-bond donors (Lipinski definition) is 1. The van der Waals surface area contributed by atoms with E-state index in [1.807, 2.05) is 12.1 Å². The summed E-state index contributed by atoms with van der Waals surface area (Å²) in [6, 6.07) is 14.0. The average Bonchev–Trinajstić information content (AvgIpc) is 3.13. The molecule has 3 rings (SSSR count). The van der Waals surface area contributed by atoms with Crippen molar-refractivity contribution in [3.8, 4) is 11.8 Å². The van der Waals surface area contributed by atoms with Crippen molar-refractivity contribution >= 4 is 28.5 Å². The summed E-state index contributed by atoms with van der Waals surface area (Å²) in [4.78, 5) is 0. The molecule has 0 fully saturated rings. The third kappa shape index (κ3) is 8.19.